The number of hydrogen-bond donors (Lipinski definition) is 3. The summed E-state index contributed by atoms with van der Waals surface area (Å²) in [6.07, 6.45) is 0.743. The van der Waals surface area contributed by atoms with Crippen LogP contribution in [0.1, 0.15) is 30.6 Å². The predicted octanol–water partition coefficient (Wildman–Crippen LogP) is 0.373. The van der Waals surface area contributed by atoms with E-state index in [9.17, 15) is 14.4 Å². The second-order valence-corrected chi connectivity index (χ2v) is 5.04. The van der Waals surface area contributed by atoms with E-state index >= 15 is 0 Å². The van der Waals surface area contributed by atoms with Crippen LogP contribution in [0.25, 0.3) is 0 Å². The van der Waals surface area contributed by atoms with E-state index in [0.717, 1.165) is 26.1 Å². The van der Waals surface area contributed by atoms with E-state index in [1.807, 2.05) is 5.32 Å². The number of anilines is 1. The molecule has 0 bridgehead atoms. The smallest absolute Gasteiger partial charge is 0.316 e. The van der Waals surface area contributed by atoms with Gasteiger partial charge < -0.3 is 16.0 Å². The first kappa shape index (κ1) is 18.6. The lowest BCUT2D eigenvalue weighted by Gasteiger charge is -2.17. The molecule has 0 saturated carbocycles. The van der Waals surface area contributed by atoms with Gasteiger partial charge in [0, 0.05) is 17.8 Å². The first-order chi connectivity index (χ1) is 11.0. The van der Waals surface area contributed by atoms with Gasteiger partial charge in [-0.1, -0.05) is 13.8 Å². The number of benzene rings is 1. The summed E-state index contributed by atoms with van der Waals surface area (Å²) < 4.78 is 0. The molecule has 126 valence electrons. The first-order valence-corrected chi connectivity index (χ1v) is 7.69. The summed E-state index contributed by atoms with van der Waals surface area (Å²) >= 11 is 0. The summed E-state index contributed by atoms with van der Waals surface area (Å²) in [7, 11) is 0. The van der Waals surface area contributed by atoms with Gasteiger partial charge in [-0.2, -0.15) is 0 Å². The average Bonchev–Trinajstić information content (AvgIpc) is 2.55. The Kier molecular flexibility index (Phi) is 7.76. The number of carbonyl (C=O) groups is 3. The quantitative estimate of drug-likeness (QED) is 0.382. The molecular formula is C16H24N4O3. The molecule has 0 saturated heterocycles. The maximum absolute atomic E-state index is 11.8. The molecule has 0 radical (unpaired) electrons. The van der Waals surface area contributed by atoms with Crippen molar-refractivity contribution in [1.29, 1.82) is 0 Å². The van der Waals surface area contributed by atoms with Gasteiger partial charge in [0.1, 0.15) is 0 Å². The van der Waals surface area contributed by atoms with Crippen molar-refractivity contribution in [2.45, 2.75) is 20.3 Å². The first-order valence-electron chi connectivity index (χ1n) is 7.69. The number of imide groups is 1. The topological polar surface area (TPSA) is 105 Å². The minimum Gasteiger partial charge on any atom is -0.399 e. The molecule has 1 rings (SSSR count). The van der Waals surface area contributed by atoms with Gasteiger partial charge in [0.05, 0.1) is 0 Å². The maximum Gasteiger partial charge on any atom is 0.316 e. The number of nitrogens with one attached hydrogen (secondary N) is 2. The van der Waals surface area contributed by atoms with Crippen LogP contribution in [0.4, 0.5) is 5.69 Å². The summed E-state index contributed by atoms with van der Waals surface area (Å²) in [4.78, 5) is 37.3. The summed E-state index contributed by atoms with van der Waals surface area (Å²) in [5.74, 6) is -2.41. The summed E-state index contributed by atoms with van der Waals surface area (Å²) in [5.41, 5.74) is 6.30. The average molecular weight is 320 g/mol. The highest BCUT2D eigenvalue weighted by atomic mass is 16.2. The van der Waals surface area contributed by atoms with E-state index < -0.39 is 17.7 Å². The lowest BCUT2D eigenvalue weighted by Crippen LogP contribution is -2.43. The van der Waals surface area contributed by atoms with E-state index in [4.69, 9.17) is 5.73 Å². The van der Waals surface area contributed by atoms with Gasteiger partial charge in [0.25, 0.3) is 5.91 Å². The minimum absolute atomic E-state index is 0.266. The summed E-state index contributed by atoms with van der Waals surface area (Å²) in [6.45, 7) is 7.26. The standard InChI is InChI=1S/C16H24N4O3/c1-3-20(4-2)11-5-10-18-15(22)16(23)19-14(21)12-6-8-13(17)9-7-12/h6-9H,3-5,10-11,17H2,1-2H3,(H,18,22)(H,19,21,23). The number of rotatable bonds is 7. The van der Waals surface area contributed by atoms with Crippen molar-refractivity contribution in [3.05, 3.63) is 29.8 Å². The molecule has 1 aromatic carbocycles. The van der Waals surface area contributed by atoms with Crippen molar-refractivity contribution in [3.8, 4) is 0 Å². The van der Waals surface area contributed by atoms with E-state index in [0.29, 0.717) is 12.2 Å². The molecule has 0 aliphatic carbocycles. The van der Waals surface area contributed by atoms with Crippen LogP contribution in [0.2, 0.25) is 0 Å². The van der Waals surface area contributed by atoms with Crippen molar-refractivity contribution in [2.24, 2.45) is 0 Å². The Bertz CT molecular complexity index is 539. The van der Waals surface area contributed by atoms with Crippen LogP contribution in [-0.4, -0.2) is 48.8 Å². The Morgan fingerprint density at radius 2 is 1.65 bits per heavy atom. The molecule has 3 amide bonds. The second kappa shape index (κ2) is 9.58. The van der Waals surface area contributed by atoms with Crippen molar-refractivity contribution in [3.63, 3.8) is 0 Å². The molecule has 0 aliphatic heterocycles. The molecular weight excluding hydrogens is 296 g/mol. The fourth-order valence-corrected chi connectivity index (χ4v) is 1.99. The molecule has 0 aliphatic rings. The predicted molar refractivity (Wildman–Crippen MR) is 88.7 cm³/mol. The fourth-order valence-electron chi connectivity index (χ4n) is 1.99. The summed E-state index contributed by atoms with van der Waals surface area (Å²) in [6, 6.07) is 6.07. The third-order valence-corrected chi connectivity index (χ3v) is 3.44. The normalized spacial score (nSPS) is 10.4. The van der Waals surface area contributed by atoms with E-state index in [1.54, 1.807) is 12.1 Å². The van der Waals surface area contributed by atoms with Crippen LogP contribution in [-0.2, 0) is 9.59 Å². The Balaban J connectivity index is 2.35. The fraction of sp³-hybridized carbons (Fsp3) is 0.438. The Labute approximate surface area is 136 Å². The highest BCUT2D eigenvalue weighted by Gasteiger charge is 2.17. The molecule has 0 aromatic heterocycles. The van der Waals surface area contributed by atoms with E-state index in [2.05, 4.69) is 24.1 Å². The molecule has 0 spiro atoms. The largest absolute Gasteiger partial charge is 0.399 e. The number of hydrogen-bond acceptors (Lipinski definition) is 5. The van der Waals surface area contributed by atoms with E-state index in [1.165, 1.54) is 12.1 Å². The Hall–Kier alpha value is -2.41. The van der Waals surface area contributed by atoms with Crippen molar-refractivity contribution in [2.75, 3.05) is 31.9 Å². The van der Waals surface area contributed by atoms with Gasteiger partial charge >= 0.3 is 11.8 Å². The molecule has 4 N–H and O–H groups in total. The molecule has 23 heavy (non-hydrogen) atoms. The lowest BCUT2D eigenvalue weighted by molar-refractivity contribution is -0.138. The molecule has 7 nitrogen and oxygen atoms in total. The Morgan fingerprint density at radius 3 is 2.22 bits per heavy atom. The molecule has 0 unspecified atom stereocenters. The van der Waals surface area contributed by atoms with Crippen LogP contribution in [0.5, 0.6) is 0 Å². The van der Waals surface area contributed by atoms with Gasteiger partial charge in [-0.3, -0.25) is 19.7 Å². The van der Waals surface area contributed by atoms with Crippen molar-refractivity contribution < 1.29 is 14.4 Å². The number of nitrogens with two attached hydrogens (primary N) is 1. The number of nitrogen functional groups attached to an aromatic ring is 1. The van der Waals surface area contributed by atoms with Crippen LogP contribution >= 0.6 is 0 Å². The zero-order chi connectivity index (χ0) is 17.2. The maximum atomic E-state index is 11.8. The van der Waals surface area contributed by atoms with Gasteiger partial charge in [-0.15, -0.1) is 0 Å². The van der Waals surface area contributed by atoms with Gasteiger partial charge in [-0.05, 0) is 50.3 Å². The highest BCUT2D eigenvalue weighted by Crippen LogP contribution is 2.04. The third-order valence-electron chi connectivity index (χ3n) is 3.44. The van der Waals surface area contributed by atoms with Crippen molar-refractivity contribution in [1.82, 2.24) is 15.5 Å². The summed E-state index contributed by atoms with van der Waals surface area (Å²) in [5, 5.41) is 4.55. The van der Waals surface area contributed by atoms with Gasteiger partial charge in [0.15, 0.2) is 0 Å². The SMILES string of the molecule is CCN(CC)CCCNC(=O)C(=O)NC(=O)c1ccc(N)cc1. The zero-order valence-electron chi connectivity index (χ0n) is 13.6. The molecule has 0 heterocycles. The molecule has 0 atom stereocenters. The highest BCUT2D eigenvalue weighted by molar-refractivity contribution is 6.38. The zero-order valence-corrected chi connectivity index (χ0v) is 13.6. The molecule has 1 aromatic rings. The molecule has 7 heteroatoms. The minimum atomic E-state index is -0.963. The third kappa shape index (κ3) is 6.48. The van der Waals surface area contributed by atoms with Gasteiger partial charge in [-0.25, -0.2) is 0 Å². The Morgan fingerprint density at radius 1 is 1.04 bits per heavy atom. The van der Waals surface area contributed by atoms with Crippen LogP contribution in [0.15, 0.2) is 24.3 Å². The number of nitrogens with zero attached hydrogens (tertiary/aromatic N) is 1. The van der Waals surface area contributed by atoms with Crippen LogP contribution in [0, 0.1) is 0 Å². The molecule has 0 fully saturated rings. The van der Waals surface area contributed by atoms with Crippen molar-refractivity contribution >= 4 is 23.4 Å². The number of carbonyl (C=O) groups excluding carboxylic acids is 3. The second-order valence-electron chi connectivity index (χ2n) is 5.04. The van der Waals surface area contributed by atoms with Crippen LogP contribution in [0.3, 0.4) is 0 Å². The monoisotopic (exact) mass is 320 g/mol. The number of amides is 3. The van der Waals surface area contributed by atoms with Crippen LogP contribution < -0.4 is 16.4 Å². The van der Waals surface area contributed by atoms with Gasteiger partial charge in [0.2, 0.25) is 0 Å². The lowest BCUT2D eigenvalue weighted by atomic mass is 10.2. The van der Waals surface area contributed by atoms with E-state index in [-0.39, 0.29) is 5.56 Å².